The van der Waals surface area contributed by atoms with Crippen molar-refractivity contribution in [2.75, 3.05) is 29.6 Å². The zero-order chi connectivity index (χ0) is 22.5. The summed E-state index contributed by atoms with van der Waals surface area (Å²) in [6.45, 7) is 0.727. The summed E-state index contributed by atoms with van der Waals surface area (Å²) in [5.41, 5.74) is 2.86. The van der Waals surface area contributed by atoms with E-state index in [9.17, 15) is 9.59 Å². The zero-order valence-corrected chi connectivity index (χ0v) is 18.9. The van der Waals surface area contributed by atoms with E-state index in [0.717, 1.165) is 25.1 Å². The minimum absolute atomic E-state index is 0.0440. The Kier molecular flexibility index (Phi) is 6.75. The molecule has 0 saturated carbocycles. The molecule has 1 aliphatic rings. The normalized spacial score (nSPS) is 12.9. The standard InChI is InChI=1S/C23H25N5O3S/c1-27-20(14-21(29)24-17-9-5-10-18(13-17)31-2)25-26-23(27)32-15-22(30)28-12-6-8-16-7-3-4-11-19(16)28/h3-5,7,9-11,13H,6,8,12,14-15H2,1-2H3,(H,24,29). The van der Waals surface area contributed by atoms with Gasteiger partial charge in [-0.3, -0.25) is 9.59 Å². The Hall–Kier alpha value is -3.33. The van der Waals surface area contributed by atoms with Gasteiger partial charge in [-0.25, -0.2) is 0 Å². The zero-order valence-electron chi connectivity index (χ0n) is 18.1. The van der Waals surface area contributed by atoms with E-state index in [1.807, 2.05) is 35.2 Å². The summed E-state index contributed by atoms with van der Waals surface area (Å²) in [5, 5.41) is 11.8. The molecule has 4 rings (SSSR count). The molecule has 3 aromatic rings. The van der Waals surface area contributed by atoms with Crippen LogP contribution in [0.25, 0.3) is 0 Å². The number of amides is 2. The molecule has 0 atom stereocenters. The molecule has 8 nitrogen and oxygen atoms in total. The van der Waals surface area contributed by atoms with E-state index < -0.39 is 0 Å². The summed E-state index contributed by atoms with van der Waals surface area (Å²) in [5.74, 6) is 1.30. The molecule has 9 heteroatoms. The van der Waals surface area contributed by atoms with E-state index in [-0.39, 0.29) is 24.0 Å². The average molecular weight is 452 g/mol. The molecule has 0 spiro atoms. The maximum Gasteiger partial charge on any atom is 0.237 e. The van der Waals surface area contributed by atoms with Crippen molar-refractivity contribution in [3.63, 3.8) is 0 Å². The number of nitrogens with one attached hydrogen (secondary N) is 1. The van der Waals surface area contributed by atoms with Crippen molar-refractivity contribution in [2.45, 2.75) is 24.4 Å². The highest BCUT2D eigenvalue weighted by atomic mass is 32.2. The molecule has 0 aliphatic carbocycles. The van der Waals surface area contributed by atoms with Crippen LogP contribution < -0.4 is 15.0 Å². The summed E-state index contributed by atoms with van der Waals surface area (Å²) in [6.07, 6.45) is 2.04. The third kappa shape index (κ3) is 4.94. The Labute approximate surface area is 191 Å². The molecule has 2 aromatic carbocycles. The number of thioether (sulfide) groups is 1. The Morgan fingerprint density at radius 2 is 2.00 bits per heavy atom. The molecule has 1 aromatic heterocycles. The summed E-state index contributed by atoms with van der Waals surface area (Å²) in [4.78, 5) is 27.1. The van der Waals surface area contributed by atoms with E-state index in [0.29, 0.717) is 22.4 Å². The minimum atomic E-state index is -0.202. The van der Waals surface area contributed by atoms with Gasteiger partial charge in [0.05, 0.1) is 19.3 Å². The van der Waals surface area contributed by atoms with Crippen LogP contribution in [0.4, 0.5) is 11.4 Å². The SMILES string of the molecule is COc1cccc(NC(=O)Cc2nnc(SCC(=O)N3CCCc4ccccc43)n2C)c1. The van der Waals surface area contributed by atoms with Crippen LogP contribution in [0.2, 0.25) is 0 Å². The van der Waals surface area contributed by atoms with Crippen LogP contribution in [0.15, 0.2) is 53.7 Å². The quantitative estimate of drug-likeness (QED) is 0.556. The predicted molar refractivity (Wildman–Crippen MR) is 124 cm³/mol. The third-order valence-corrected chi connectivity index (χ3v) is 6.34. The van der Waals surface area contributed by atoms with Crippen molar-refractivity contribution < 1.29 is 14.3 Å². The second-order valence-electron chi connectivity index (χ2n) is 7.48. The van der Waals surface area contributed by atoms with Gasteiger partial charge in [-0.15, -0.1) is 10.2 Å². The number of rotatable bonds is 7. The number of para-hydroxylation sites is 1. The van der Waals surface area contributed by atoms with E-state index >= 15 is 0 Å². The van der Waals surface area contributed by atoms with E-state index in [2.05, 4.69) is 21.6 Å². The Morgan fingerprint density at radius 1 is 1.16 bits per heavy atom. The number of carbonyl (C=O) groups excluding carboxylic acids is 2. The van der Waals surface area contributed by atoms with Crippen LogP contribution in [0.5, 0.6) is 5.75 Å². The van der Waals surface area contributed by atoms with Crippen LogP contribution in [0, 0.1) is 0 Å². The first-order valence-corrected chi connectivity index (χ1v) is 11.4. The lowest BCUT2D eigenvalue weighted by Gasteiger charge is -2.29. The molecular formula is C23H25N5O3S. The van der Waals surface area contributed by atoms with Gasteiger partial charge in [0.2, 0.25) is 11.8 Å². The monoisotopic (exact) mass is 451 g/mol. The summed E-state index contributed by atoms with van der Waals surface area (Å²) in [6, 6.07) is 15.2. The van der Waals surface area contributed by atoms with Crippen LogP contribution in [0.3, 0.4) is 0 Å². The number of aromatic nitrogens is 3. The summed E-state index contributed by atoms with van der Waals surface area (Å²) >= 11 is 1.33. The number of hydrogen-bond donors (Lipinski definition) is 1. The van der Waals surface area contributed by atoms with Gasteiger partial charge in [0.25, 0.3) is 0 Å². The molecule has 1 N–H and O–H groups in total. The van der Waals surface area contributed by atoms with E-state index in [4.69, 9.17) is 4.74 Å². The predicted octanol–water partition coefficient (Wildman–Crippen LogP) is 3.08. The average Bonchev–Trinajstić information content (AvgIpc) is 3.16. The number of fused-ring (bicyclic) bond motifs is 1. The fourth-order valence-electron chi connectivity index (χ4n) is 3.67. The molecule has 0 radical (unpaired) electrons. The highest BCUT2D eigenvalue weighted by Crippen LogP contribution is 2.28. The first kappa shape index (κ1) is 21.9. The Morgan fingerprint density at radius 3 is 2.84 bits per heavy atom. The van der Waals surface area contributed by atoms with Crippen LogP contribution >= 0.6 is 11.8 Å². The largest absolute Gasteiger partial charge is 0.497 e. The molecule has 2 heterocycles. The topological polar surface area (TPSA) is 89.3 Å². The maximum atomic E-state index is 12.9. The number of methoxy groups -OCH3 is 1. The first-order chi connectivity index (χ1) is 15.5. The molecule has 2 amide bonds. The van der Waals surface area contributed by atoms with Gasteiger partial charge < -0.3 is 19.5 Å². The lowest BCUT2D eigenvalue weighted by Crippen LogP contribution is -2.36. The summed E-state index contributed by atoms with van der Waals surface area (Å²) < 4.78 is 6.93. The van der Waals surface area contributed by atoms with Crippen molar-refractivity contribution in [2.24, 2.45) is 7.05 Å². The number of nitrogens with zero attached hydrogens (tertiary/aromatic N) is 4. The molecule has 0 fully saturated rings. The van der Waals surface area contributed by atoms with E-state index in [1.165, 1.54) is 17.3 Å². The van der Waals surface area contributed by atoms with Crippen molar-refractivity contribution in [1.82, 2.24) is 14.8 Å². The molecule has 0 saturated heterocycles. The number of aryl methyl sites for hydroxylation is 1. The lowest BCUT2D eigenvalue weighted by atomic mass is 10.0. The van der Waals surface area contributed by atoms with Gasteiger partial charge in [-0.05, 0) is 36.6 Å². The van der Waals surface area contributed by atoms with Gasteiger partial charge in [0.1, 0.15) is 11.6 Å². The molecule has 0 bridgehead atoms. The minimum Gasteiger partial charge on any atom is -0.497 e. The van der Waals surface area contributed by atoms with Gasteiger partial charge in [0.15, 0.2) is 5.16 Å². The molecule has 1 aliphatic heterocycles. The van der Waals surface area contributed by atoms with Crippen molar-refractivity contribution >= 4 is 35.0 Å². The van der Waals surface area contributed by atoms with Gasteiger partial charge in [0, 0.05) is 31.0 Å². The van der Waals surface area contributed by atoms with Gasteiger partial charge >= 0.3 is 0 Å². The fraction of sp³-hybridized carbons (Fsp3) is 0.304. The molecule has 32 heavy (non-hydrogen) atoms. The number of hydrogen-bond acceptors (Lipinski definition) is 6. The second kappa shape index (κ2) is 9.86. The van der Waals surface area contributed by atoms with Crippen molar-refractivity contribution in [1.29, 1.82) is 0 Å². The highest BCUT2D eigenvalue weighted by Gasteiger charge is 2.23. The summed E-state index contributed by atoms with van der Waals surface area (Å²) in [7, 11) is 3.38. The third-order valence-electron chi connectivity index (χ3n) is 5.33. The second-order valence-corrected chi connectivity index (χ2v) is 8.42. The first-order valence-electron chi connectivity index (χ1n) is 10.4. The van der Waals surface area contributed by atoms with Crippen LogP contribution in [-0.4, -0.2) is 46.0 Å². The number of anilines is 2. The molecular weight excluding hydrogens is 426 g/mol. The molecule has 166 valence electrons. The Balaban J connectivity index is 1.35. The number of benzene rings is 2. The van der Waals surface area contributed by atoms with Gasteiger partial charge in [-0.1, -0.05) is 36.0 Å². The van der Waals surface area contributed by atoms with Crippen LogP contribution in [-0.2, 0) is 29.5 Å². The molecule has 0 unspecified atom stereocenters. The van der Waals surface area contributed by atoms with Crippen molar-refractivity contribution in [3.05, 3.63) is 59.9 Å². The Bertz CT molecular complexity index is 1130. The van der Waals surface area contributed by atoms with Crippen molar-refractivity contribution in [3.8, 4) is 5.75 Å². The van der Waals surface area contributed by atoms with Crippen LogP contribution in [0.1, 0.15) is 17.8 Å². The number of carbonyl (C=O) groups is 2. The highest BCUT2D eigenvalue weighted by molar-refractivity contribution is 7.99. The fourth-order valence-corrected chi connectivity index (χ4v) is 4.48. The van der Waals surface area contributed by atoms with Gasteiger partial charge in [-0.2, -0.15) is 0 Å². The lowest BCUT2D eigenvalue weighted by molar-refractivity contribution is -0.116. The number of ether oxygens (including phenoxy) is 1. The van der Waals surface area contributed by atoms with E-state index in [1.54, 1.807) is 30.9 Å². The maximum absolute atomic E-state index is 12.9. The smallest absolute Gasteiger partial charge is 0.237 e.